The van der Waals surface area contributed by atoms with E-state index in [0.717, 1.165) is 30.0 Å². The number of carbonyl (C=O) groups is 1. The summed E-state index contributed by atoms with van der Waals surface area (Å²) in [5.74, 6) is 0.249. The van der Waals surface area contributed by atoms with E-state index in [1.807, 2.05) is 24.3 Å². The number of nitrogens with zero attached hydrogens (tertiary/aromatic N) is 2. The minimum atomic E-state index is -4.26. The van der Waals surface area contributed by atoms with E-state index in [9.17, 15) is 13.2 Å². The second-order valence-corrected chi connectivity index (χ2v) is 10.3. The van der Waals surface area contributed by atoms with Crippen molar-refractivity contribution in [3.8, 4) is 5.75 Å². The molecule has 0 bridgehead atoms. The standard InChI is InChI=1S/C28H34N2O5S/c1-2-3-4-5-6-7-8-9-10-15-28(31)35-27-21-20-26(24-13-11-12-14-25(24)27)30-29-22-16-18-23(19-17-22)36(32,33)34/h11-14,16-21H,2-10,15H2,1H3,(H,32,33,34). The minimum Gasteiger partial charge on any atom is -0.426 e. The van der Waals surface area contributed by atoms with Crippen molar-refractivity contribution in [1.29, 1.82) is 0 Å². The van der Waals surface area contributed by atoms with Gasteiger partial charge in [-0.2, -0.15) is 13.5 Å². The Morgan fingerprint density at radius 2 is 1.39 bits per heavy atom. The predicted octanol–water partition coefficient (Wildman–Crippen LogP) is 8.33. The third-order valence-electron chi connectivity index (χ3n) is 5.98. The van der Waals surface area contributed by atoms with Gasteiger partial charge in [0.15, 0.2) is 0 Å². The molecule has 1 N–H and O–H groups in total. The Bertz CT molecular complexity index is 1270. The van der Waals surface area contributed by atoms with E-state index in [-0.39, 0.29) is 10.9 Å². The zero-order chi connectivity index (χ0) is 25.8. The van der Waals surface area contributed by atoms with Gasteiger partial charge in [-0.15, -0.1) is 5.11 Å². The highest BCUT2D eigenvalue weighted by Gasteiger charge is 2.11. The normalized spacial score (nSPS) is 11.8. The van der Waals surface area contributed by atoms with Crippen LogP contribution in [0, 0.1) is 0 Å². The zero-order valence-electron chi connectivity index (χ0n) is 20.7. The fourth-order valence-corrected chi connectivity index (χ4v) is 4.46. The SMILES string of the molecule is CCCCCCCCCCCC(=O)Oc1ccc(N=Nc2ccc(S(=O)(=O)O)cc2)c2ccccc12. The molecule has 0 radical (unpaired) electrons. The van der Waals surface area contributed by atoms with Crippen LogP contribution in [0.1, 0.15) is 71.1 Å². The van der Waals surface area contributed by atoms with Crippen molar-refractivity contribution in [1.82, 2.24) is 0 Å². The average molecular weight is 511 g/mol. The summed E-state index contributed by atoms with van der Waals surface area (Å²) in [5, 5.41) is 10.00. The monoisotopic (exact) mass is 510 g/mol. The molecule has 0 saturated heterocycles. The topological polar surface area (TPSA) is 105 Å². The van der Waals surface area contributed by atoms with Gasteiger partial charge < -0.3 is 4.74 Å². The van der Waals surface area contributed by atoms with Crippen LogP contribution >= 0.6 is 0 Å². The Hall–Kier alpha value is -3.10. The van der Waals surface area contributed by atoms with Gasteiger partial charge in [0.1, 0.15) is 5.75 Å². The van der Waals surface area contributed by atoms with Crippen LogP contribution in [-0.4, -0.2) is 18.9 Å². The number of azo groups is 1. The first kappa shape index (κ1) is 27.5. The highest BCUT2D eigenvalue weighted by Crippen LogP contribution is 2.34. The lowest BCUT2D eigenvalue weighted by Gasteiger charge is -2.09. The van der Waals surface area contributed by atoms with Crippen molar-refractivity contribution in [2.75, 3.05) is 0 Å². The van der Waals surface area contributed by atoms with Crippen LogP contribution in [0.2, 0.25) is 0 Å². The summed E-state index contributed by atoms with van der Waals surface area (Å²) in [6.45, 7) is 2.22. The summed E-state index contributed by atoms with van der Waals surface area (Å²) in [6, 6.07) is 16.4. The number of fused-ring (bicyclic) bond motifs is 1. The summed E-state index contributed by atoms with van der Waals surface area (Å²) < 4.78 is 37.1. The average Bonchev–Trinajstić information content (AvgIpc) is 2.87. The molecule has 3 rings (SSSR count). The Kier molecular flexibility index (Phi) is 10.6. The molecule has 36 heavy (non-hydrogen) atoms. The first-order valence-electron chi connectivity index (χ1n) is 12.6. The van der Waals surface area contributed by atoms with E-state index in [1.54, 1.807) is 12.1 Å². The molecular formula is C28H34N2O5S. The van der Waals surface area contributed by atoms with E-state index in [0.29, 0.717) is 23.5 Å². The molecule has 7 nitrogen and oxygen atoms in total. The van der Waals surface area contributed by atoms with E-state index in [1.165, 1.54) is 62.8 Å². The molecule has 0 heterocycles. The van der Waals surface area contributed by atoms with Crippen LogP contribution in [0.4, 0.5) is 11.4 Å². The van der Waals surface area contributed by atoms with Crippen LogP contribution in [0.25, 0.3) is 10.8 Å². The molecule has 0 amide bonds. The lowest BCUT2D eigenvalue weighted by Crippen LogP contribution is -2.07. The molecule has 0 aliphatic rings. The lowest BCUT2D eigenvalue weighted by atomic mass is 10.1. The van der Waals surface area contributed by atoms with Gasteiger partial charge in [-0.3, -0.25) is 9.35 Å². The quantitative estimate of drug-likeness (QED) is 0.0771. The molecule has 0 aliphatic heterocycles. The summed E-state index contributed by atoms with van der Waals surface area (Å²) in [7, 11) is -4.26. The molecule has 0 spiro atoms. The first-order valence-corrected chi connectivity index (χ1v) is 14.0. The Morgan fingerprint density at radius 3 is 2.03 bits per heavy atom. The van der Waals surface area contributed by atoms with Crippen LogP contribution < -0.4 is 4.74 Å². The zero-order valence-corrected chi connectivity index (χ0v) is 21.5. The molecular weight excluding hydrogens is 476 g/mol. The van der Waals surface area contributed by atoms with Gasteiger partial charge in [0, 0.05) is 17.2 Å². The summed E-state index contributed by atoms with van der Waals surface area (Å²) in [6.07, 6.45) is 11.1. The largest absolute Gasteiger partial charge is 0.426 e. The second kappa shape index (κ2) is 13.8. The van der Waals surface area contributed by atoms with E-state index in [4.69, 9.17) is 9.29 Å². The van der Waals surface area contributed by atoms with Crippen LogP contribution in [0.3, 0.4) is 0 Å². The number of rotatable bonds is 14. The number of hydrogen-bond acceptors (Lipinski definition) is 6. The molecule has 3 aromatic rings. The Morgan fingerprint density at radius 1 is 0.778 bits per heavy atom. The third kappa shape index (κ3) is 8.53. The van der Waals surface area contributed by atoms with Gasteiger partial charge >= 0.3 is 5.97 Å². The third-order valence-corrected chi connectivity index (χ3v) is 6.84. The fourth-order valence-electron chi connectivity index (χ4n) is 3.98. The first-order chi connectivity index (χ1) is 17.4. The van der Waals surface area contributed by atoms with Crippen LogP contribution in [0.15, 0.2) is 75.8 Å². The maximum atomic E-state index is 12.4. The molecule has 8 heteroatoms. The van der Waals surface area contributed by atoms with Crippen molar-refractivity contribution < 1.29 is 22.5 Å². The maximum Gasteiger partial charge on any atom is 0.311 e. The number of ether oxygens (including phenoxy) is 1. The summed E-state index contributed by atoms with van der Waals surface area (Å²) in [4.78, 5) is 12.2. The van der Waals surface area contributed by atoms with Crippen LogP contribution in [-0.2, 0) is 14.9 Å². The molecule has 0 saturated carbocycles. The maximum absolute atomic E-state index is 12.4. The van der Waals surface area contributed by atoms with Gasteiger partial charge in [-0.25, -0.2) is 0 Å². The fraction of sp³-hybridized carbons (Fsp3) is 0.393. The van der Waals surface area contributed by atoms with Gasteiger partial charge in [-0.1, -0.05) is 82.6 Å². The summed E-state index contributed by atoms with van der Waals surface area (Å²) in [5.41, 5.74) is 1.02. The van der Waals surface area contributed by atoms with Crippen LogP contribution in [0.5, 0.6) is 5.75 Å². The molecule has 0 aliphatic carbocycles. The highest BCUT2D eigenvalue weighted by molar-refractivity contribution is 7.85. The molecule has 192 valence electrons. The number of benzene rings is 3. The second-order valence-electron chi connectivity index (χ2n) is 8.85. The van der Waals surface area contributed by atoms with Crippen molar-refractivity contribution in [3.05, 3.63) is 60.7 Å². The van der Waals surface area contributed by atoms with E-state index in [2.05, 4.69) is 17.2 Å². The highest BCUT2D eigenvalue weighted by atomic mass is 32.2. The van der Waals surface area contributed by atoms with E-state index >= 15 is 0 Å². The molecule has 0 fully saturated rings. The molecule has 0 atom stereocenters. The van der Waals surface area contributed by atoms with Gasteiger partial charge in [-0.05, 0) is 42.8 Å². The Balaban J connectivity index is 1.57. The molecule has 3 aromatic carbocycles. The smallest absolute Gasteiger partial charge is 0.311 e. The number of esters is 1. The van der Waals surface area contributed by atoms with Gasteiger partial charge in [0.05, 0.1) is 16.3 Å². The summed E-state index contributed by atoms with van der Waals surface area (Å²) >= 11 is 0. The van der Waals surface area contributed by atoms with Crippen molar-refractivity contribution in [2.24, 2.45) is 10.2 Å². The van der Waals surface area contributed by atoms with E-state index < -0.39 is 10.1 Å². The molecule has 0 unspecified atom stereocenters. The van der Waals surface area contributed by atoms with Crippen molar-refractivity contribution in [2.45, 2.75) is 76.0 Å². The lowest BCUT2D eigenvalue weighted by molar-refractivity contribution is -0.134. The van der Waals surface area contributed by atoms with Gasteiger partial charge in [0.25, 0.3) is 10.1 Å². The molecule has 0 aromatic heterocycles. The van der Waals surface area contributed by atoms with Crippen molar-refractivity contribution in [3.63, 3.8) is 0 Å². The van der Waals surface area contributed by atoms with Crippen molar-refractivity contribution >= 4 is 38.2 Å². The Labute approximate surface area is 213 Å². The number of hydrogen-bond donors (Lipinski definition) is 1. The number of unbranched alkanes of at least 4 members (excludes halogenated alkanes) is 8. The number of carbonyl (C=O) groups excluding carboxylic acids is 1. The van der Waals surface area contributed by atoms with Gasteiger partial charge in [0.2, 0.25) is 0 Å². The predicted molar refractivity (Wildman–Crippen MR) is 142 cm³/mol. The minimum absolute atomic E-state index is 0.208.